The van der Waals surface area contributed by atoms with Crippen molar-refractivity contribution in [2.24, 2.45) is 0 Å². The summed E-state index contributed by atoms with van der Waals surface area (Å²) in [5.41, 5.74) is 1.68. The molecule has 41 heavy (non-hydrogen) atoms. The first-order valence-corrected chi connectivity index (χ1v) is 14.1. The predicted octanol–water partition coefficient (Wildman–Crippen LogP) is 4.58. The summed E-state index contributed by atoms with van der Waals surface area (Å²) in [4.78, 5) is 32.5. The van der Waals surface area contributed by atoms with Crippen LogP contribution in [0.2, 0.25) is 0 Å². The Hall–Kier alpha value is -3.63. The molecule has 1 heterocycles. The van der Waals surface area contributed by atoms with Crippen molar-refractivity contribution in [1.29, 1.82) is 0 Å². The minimum absolute atomic E-state index is 0.0239. The average molecular weight is 571 g/mol. The van der Waals surface area contributed by atoms with E-state index in [0.717, 1.165) is 24.5 Å². The number of carbonyl (C=O) groups excluding carboxylic acids is 2. The van der Waals surface area contributed by atoms with E-state index in [9.17, 15) is 23.5 Å². The van der Waals surface area contributed by atoms with Crippen molar-refractivity contribution in [1.82, 2.24) is 20.5 Å². The summed E-state index contributed by atoms with van der Waals surface area (Å²) in [5.74, 6) is -0.964. The number of benzene rings is 2. The van der Waals surface area contributed by atoms with Crippen molar-refractivity contribution in [3.63, 3.8) is 0 Å². The molecule has 0 bridgehead atoms. The first-order valence-electron chi connectivity index (χ1n) is 14.1. The lowest BCUT2D eigenvalue weighted by atomic mass is 9.99. The van der Waals surface area contributed by atoms with Gasteiger partial charge in [0.25, 0.3) is 11.8 Å². The number of hydrogen-bond acceptors (Lipinski definition) is 6. The van der Waals surface area contributed by atoms with Gasteiger partial charge in [0.1, 0.15) is 17.4 Å². The van der Waals surface area contributed by atoms with Crippen LogP contribution in [0.1, 0.15) is 77.1 Å². The Morgan fingerprint density at radius 3 is 2.27 bits per heavy atom. The van der Waals surface area contributed by atoms with Crippen LogP contribution in [0.3, 0.4) is 0 Å². The number of nitrogens with zero attached hydrogens (tertiary/aromatic N) is 2. The van der Waals surface area contributed by atoms with Crippen molar-refractivity contribution in [3.8, 4) is 0 Å². The molecule has 3 N–H and O–H groups in total. The fourth-order valence-electron chi connectivity index (χ4n) is 4.67. The van der Waals surface area contributed by atoms with Gasteiger partial charge in [-0.15, -0.1) is 0 Å². The first kappa shape index (κ1) is 31.9. The highest BCUT2D eigenvalue weighted by molar-refractivity contribution is 6.00. The molecule has 0 saturated carbocycles. The van der Waals surface area contributed by atoms with Crippen molar-refractivity contribution < 1.29 is 27.9 Å². The van der Waals surface area contributed by atoms with E-state index >= 15 is 0 Å². The SMILES string of the molecule is CCCN(CCC)C(=O)c1cc(C)cc(C(=O)N[C@@H](Cc2cc(F)cc(F)c2)[C@H](O)CNCc2cnc(CC)o2)c1. The molecule has 2 aromatic carbocycles. The molecule has 0 aliphatic heterocycles. The van der Waals surface area contributed by atoms with Crippen LogP contribution >= 0.6 is 0 Å². The van der Waals surface area contributed by atoms with E-state index in [1.165, 1.54) is 12.1 Å². The highest BCUT2D eigenvalue weighted by Crippen LogP contribution is 2.16. The normalized spacial score (nSPS) is 12.7. The topological polar surface area (TPSA) is 108 Å². The van der Waals surface area contributed by atoms with Crippen LogP contribution in [-0.2, 0) is 19.4 Å². The second-order valence-electron chi connectivity index (χ2n) is 10.2. The Kier molecular flexibility index (Phi) is 12.0. The van der Waals surface area contributed by atoms with Crippen molar-refractivity contribution in [2.75, 3.05) is 19.6 Å². The monoisotopic (exact) mass is 570 g/mol. The molecule has 0 saturated heterocycles. The van der Waals surface area contributed by atoms with Gasteiger partial charge >= 0.3 is 0 Å². The molecule has 3 aromatic rings. The Balaban J connectivity index is 1.79. The van der Waals surface area contributed by atoms with Gasteiger partial charge in [-0.3, -0.25) is 9.59 Å². The summed E-state index contributed by atoms with van der Waals surface area (Å²) < 4.78 is 33.4. The zero-order valence-electron chi connectivity index (χ0n) is 24.2. The van der Waals surface area contributed by atoms with Gasteiger partial charge in [-0.05, 0) is 67.6 Å². The maximum absolute atomic E-state index is 13.9. The quantitative estimate of drug-likeness (QED) is 0.247. The number of halogens is 2. The van der Waals surface area contributed by atoms with Gasteiger partial charge in [-0.2, -0.15) is 0 Å². The number of aliphatic hydroxyl groups is 1. The number of hydrogen-bond donors (Lipinski definition) is 3. The molecular formula is C31H40F2N4O4. The number of aromatic nitrogens is 1. The van der Waals surface area contributed by atoms with Crippen LogP contribution in [0.25, 0.3) is 0 Å². The summed E-state index contributed by atoms with van der Waals surface area (Å²) in [6.45, 7) is 9.32. The van der Waals surface area contributed by atoms with E-state index in [4.69, 9.17) is 4.42 Å². The van der Waals surface area contributed by atoms with Gasteiger partial charge in [0.15, 0.2) is 5.89 Å². The molecule has 3 rings (SSSR count). The Morgan fingerprint density at radius 2 is 1.66 bits per heavy atom. The second kappa shape index (κ2) is 15.4. The maximum atomic E-state index is 13.9. The van der Waals surface area contributed by atoms with Gasteiger partial charge in [0.05, 0.1) is 24.9 Å². The van der Waals surface area contributed by atoms with E-state index in [1.807, 2.05) is 20.8 Å². The van der Waals surface area contributed by atoms with Crippen LogP contribution < -0.4 is 10.6 Å². The molecule has 0 aliphatic rings. The summed E-state index contributed by atoms with van der Waals surface area (Å²) in [6.07, 6.45) is 2.75. The van der Waals surface area contributed by atoms with Crippen LogP contribution in [0, 0.1) is 18.6 Å². The maximum Gasteiger partial charge on any atom is 0.253 e. The first-order chi connectivity index (χ1) is 19.6. The minimum atomic E-state index is -1.12. The van der Waals surface area contributed by atoms with Gasteiger partial charge in [0.2, 0.25) is 0 Å². The predicted molar refractivity (Wildman–Crippen MR) is 153 cm³/mol. The van der Waals surface area contributed by atoms with Gasteiger partial charge in [-0.25, -0.2) is 13.8 Å². The van der Waals surface area contributed by atoms with Gasteiger partial charge in [0, 0.05) is 43.2 Å². The highest BCUT2D eigenvalue weighted by Gasteiger charge is 2.24. The third kappa shape index (κ3) is 9.47. The van der Waals surface area contributed by atoms with E-state index in [-0.39, 0.29) is 30.0 Å². The molecule has 0 radical (unpaired) electrons. The molecule has 1 aromatic heterocycles. The van der Waals surface area contributed by atoms with Crippen molar-refractivity contribution in [3.05, 3.63) is 88.1 Å². The van der Waals surface area contributed by atoms with Crippen LogP contribution in [0.4, 0.5) is 8.78 Å². The molecule has 0 unspecified atom stereocenters. The average Bonchev–Trinajstić information content (AvgIpc) is 3.39. The van der Waals surface area contributed by atoms with Crippen LogP contribution in [0.15, 0.2) is 47.0 Å². The molecule has 2 atom stereocenters. The number of oxazole rings is 1. The standard InChI is InChI=1S/C31H40F2N4O4/c1-5-8-37(9-6-2)31(40)23-11-20(4)10-22(15-23)30(39)36-27(14-21-12-24(32)16-25(33)13-21)28(38)19-34-17-26-18-35-29(7-3)41-26/h10-13,15-16,18,27-28,34,38H,5-9,14,17,19H2,1-4H3,(H,36,39)/t27-,28+/m0/s1. The fourth-order valence-corrected chi connectivity index (χ4v) is 4.67. The number of aliphatic hydroxyl groups excluding tert-OH is 1. The van der Waals surface area contributed by atoms with Gasteiger partial charge < -0.3 is 25.1 Å². The number of aryl methyl sites for hydroxylation is 2. The fraction of sp³-hybridized carbons (Fsp3) is 0.452. The van der Waals surface area contributed by atoms with E-state index < -0.39 is 29.7 Å². The lowest BCUT2D eigenvalue weighted by Gasteiger charge is -2.25. The molecular weight excluding hydrogens is 530 g/mol. The summed E-state index contributed by atoms with van der Waals surface area (Å²) in [7, 11) is 0. The third-order valence-corrected chi connectivity index (χ3v) is 6.58. The van der Waals surface area contributed by atoms with Crippen LogP contribution in [-0.4, -0.2) is 58.6 Å². The molecule has 0 fully saturated rings. The zero-order chi connectivity index (χ0) is 29.9. The molecule has 2 amide bonds. The van der Waals surface area contributed by atoms with Crippen LogP contribution in [0.5, 0.6) is 0 Å². The highest BCUT2D eigenvalue weighted by atomic mass is 19.1. The second-order valence-corrected chi connectivity index (χ2v) is 10.2. The third-order valence-electron chi connectivity index (χ3n) is 6.58. The number of carbonyl (C=O) groups is 2. The Bertz CT molecular complexity index is 1290. The van der Waals surface area contributed by atoms with E-state index in [2.05, 4.69) is 15.6 Å². The van der Waals surface area contributed by atoms with Crippen molar-refractivity contribution >= 4 is 11.8 Å². The van der Waals surface area contributed by atoms with Gasteiger partial charge in [-0.1, -0.05) is 20.8 Å². The Morgan fingerprint density at radius 1 is 1.00 bits per heavy atom. The summed E-state index contributed by atoms with van der Waals surface area (Å²) >= 11 is 0. The molecule has 222 valence electrons. The number of amides is 2. The summed E-state index contributed by atoms with van der Waals surface area (Å²) in [6, 6.07) is 7.16. The smallest absolute Gasteiger partial charge is 0.253 e. The number of nitrogens with one attached hydrogen (secondary N) is 2. The largest absolute Gasteiger partial charge is 0.444 e. The molecule has 10 heteroatoms. The minimum Gasteiger partial charge on any atom is -0.444 e. The summed E-state index contributed by atoms with van der Waals surface area (Å²) in [5, 5.41) is 16.9. The van der Waals surface area contributed by atoms with Crippen molar-refractivity contribution in [2.45, 2.75) is 72.1 Å². The zero-order valence-corrected chi connectivity index (χ0v) is 24.2. The van der Waals surface area contributed by atoms with E-state index in [0.29, 0.717) is 43.3 Å². The molecule has 8 nitrogen and oxygen atoms in total. The number of rotatable bonds is 15. The molecule has 0 aliphatic carbocycles. The lowest BCUT2D eigenvalue weighted by molar-refractivity contribution is 0.0755. The lowest BCUT2D eigenvalue weighted by Crippen LogP contribution is -2.48. The van der Waals surface area contributed by atoms with E-state index in [1.54, 1.807) is 36.2 Å². The Labute approximate surface area is 240 Å². The molecule has 0 spiro atoms.